The van der Waals surface area contributed by atoms with E-state index in [1.807, 2.05) is 12.3 Å². The molecule has 1 aromatic rings. The zero-order valence-corrected chi connectivity index (χ0v) is 14.0. The smallest absolute Gasteiger partial charge is 0.133 e. The number of nitrogens with one attached hydrogen (secondary N) is 1. The summed E-state index contributed by atoms with van der Waals surface area (Å²) in [6.07, 6.45) is 4.50. The molecular formula is C17H30N4. The number of pyridine rings is 1. The zero-order chi connectivity index (χ0) is 15.2. The van der Waals surface area contributed by atoms with Gasteiger partial charge in [-0.15, -0.1) is 0 Å². The number of piperidine rings is 1. The van der Waals surface area contributed by atoms with Crippen LogP contribution in [-0.2, 0) is 0 Å². The second kappa shape index (κ2) is 7.76. The fourth-order valence-corrected chi connectivity index (χ4v) is 3.20. The van der Waals surface area contributed by atoms with E-state index in [-0.39, 0.29) is 0 Å². The molecule has 21 heavy (non-hydrogen) atoms. The summed E-state index contributed by atoms with van der Waals surface area (Å²) >= 11 is 0. The summed E-state index contributed by atoms with van der Waals surface area (Å²) in [6.45, 7) is 8.90. The molecule has 0 spiro atoms. The summed E-state index contributed by atoms with van der Waals surface area (Å²) in [5, 5.41) is 3.49. The molecular weight excluding hydrogens is 260 g/mol. The minimum absolute atomic E-state index is 0.346. The molecule has 1 aromatic heterocycles. The first kappa shape index (κ1) is 16.2. The van der Waals surface area contributed by atoms with Gasteiger partial charge in [0.1, 0.15) is 5.82 Å². The van der Waals surface area contributed by atoms with E-state index < -0.39 is 0 Å². The van der Waals surface area contributed by atoms with Crippen molar-refractivity contribution in [1.82, 2.24) is 15.2 Å². The second-order valence-electron chi connectivity index (χ2n) is 6.32. The van der Waals surface area contributed by atoms with Crippen molar-refractivity contribution >= 4 is 5.82 Å². The molecule has 1 saturated heterocycles. The monoisotopic (exact) mass is 290 g/mol. The summed E-state index contributed by atoms with van der Waals surface area (Å²) in [4.78, 5) is 9.41. The molecule has 118 valence electrons. The number of hydrogen-bond donors (Lipinski definition) is 1. The van der Waals surface area contributed by atoms with Gasteiger partial charge in [0.05, 0.1) is 0 Å². The third kappa shape index (κ3) is 4.42. The van der Waals surface area contributed by atoms with E-state index in [2.05, 4.69) is 54.1 Å². The van der Waals surface area contributed by atoms with Gasteiger partial charge in [0.2, 0.25) is 0 Å². The molecule has 1 atom stereocenters. The molecule has 0 saturated carbocycles. The fourth-order valence-electron chi connectivity index (χ4n) is 3.20. The Morgan fingerprint density at radius 3 is 2.81 bits per heavy atom. The van der Waals surface area contributed by atoms with Crippen LogP contribution in [0.1, 0.15) is 38.3 Å². The highest BCUT2D eigenvalue weighted by molar-refractivity contribution is 5.47. The predicted molar refractivity (Wildman–Crippen MR) is 89.8 cm³/mol. The van der Waals surface area contributed by atoms with Crippen LogP contribution in [0.3, 0.4) is 0 Å². The lowest BCUT2D eigenvalue weighted by molar-refractivity contribution is 0.222. The molecule has 1 fully saturated rings. The molecule has 4 nitrogen and oxygen atoms in total. The van der Waals surface area contributed by atoms with E-state index in [4.69, 9.17) is 0 Å². The first-order valence-corrected chi connectivity index (χ1v) is 8.19. The highest BCUT2D eigenvalue weighted by Crippen LogP contribution is 2.25. The highest BCUT2D eigenvalue weighted by atomic mass is 15.2. The maximum Gasteiger partial charge on any atom is 0.133 e. The number of anilines is 1. The Bertz CT molecular complexity index is 427. The number of hydrogen-bond acceptors (Lipinski definition) is 4. The van der Waals surface area contributed by atoms with Crippen molar-refractivity contribution in [3.05, 3.63) is 23.9 Å². The number of likely N-dealkylation sites (tertiary alicyclic amines) is 1. The van der Waals surface area contributed by atoms with Crippen LogP contribution in [0, 0.1) is 5.92 Å². The lowest BCUT2D eigenvalue weighted by Gasteiger charge is -2.33. The standard InChI is InChI=1S/C17H30N4/c1-5-18-14(2)16-7-6-10-19-17(16)21(4)13-15-8-11-20(3)12-9-15/h6-7,10,14-15,18H,5,8-9,11-13H2,1-4H3. The van der Waals surface area contributed by atoms with E-state index in [9.17, 15) is 0 Å². The Kier molecular flexibility index (Phi) is 6.00. The van der Waals surface area contributed by atoms with Crippen LogP contribution < -0.4 is 10.2 Å². The van der Waals surface area contributed by atoms with Gasteiger partial charge in [-0.3, -0.25) is 0 Å². The topological polar surface area (TPSA) is 31.4 Å². The van der Waals surface area contributed by atoms with Crippen molar-refractivity contribution in [2.45, 2.75) is 32.7 Å². The SMILES string of the molecule is CCNC(C)c1cccnc1N(C)CC1CCN(C)CC1. The van der Waals surface area contributed by atoms with Gasteiger partial charge in [-0.05, 0) is 58.4 Å². The molecule has 2 rings (SSSR count). The van der Waals surface area contributed by atoms with Gasteiger partial charge in [-0.25, -0.2) is 4.98 Å². The van der Waals surface area contributed by atoms with Crippen LogP contribution >= 0.6 is 0 Å². The first-order valence-electron chi connectivity index (χ1n) is 8.19. The van der Waals surface area contributed by atoms with Gasteiger partial charge in [-0.2, -0.15) is 0 Å². The summed E-state index contributed by atoms with van der Waals surface area (Å²) in [7, 11) is 4.40. The molecule has 0 aromatic carbocycles. The van der Waals surface area contributed by atoms with Crippen molar-refractivity contribution < 1.29 is 0 Å². The summed E-state index contributed by atoms with van der Waals surface area (Å²) in [6, 6.07) is 4.58. The fraction of sp³-hybridized carbons (Fsp3) is 0.706. The molecule has 1 N–H and O–H groups in total. The molecule has 1 aliphatic heterocycles. The van der Waals surface area contributed by atoms with Gasteiger partial charge in [0, 0.05) is 31.4 Å². The van der Waals surface area contributed by atoms with Gasteiger partial charge in [-0.1, -0.05) is 13.0 Å². The van der Waals surface area contributed by atoms with Gasteiger partial charge < -0.3 is 15.1 Å². The second-order valence-corrected chi connectivity index (χ2v) is 6.32. The van der Waals surface area contributed by atoms with E-state index in [1.54, 1.807) is 0 Å². The van der Waals surface area contributed by atoms with Crippen LogP contribution in [0.15, 0.2) is 18.3 Å². The molecule has 1 unspecified atom stereocenters. The lowest BCUT2D eigenvalue weighted by Crippen LogP contribution is -2.36. The predicted octanol–water partition coefficient (Wildman–Crippen LogP) is 2.53. The summed E-state index contributed by atoms with van der Waals surface area (Å²) in [5.41, 5.74) is 1.30. The van der Waals surface area contributed by atoms with Crippen LogP contribution in [0.25, 0.3) is 0 Å². The molecule has 0 amide bonds. The van der Waals surface area contributed by atoms with Crippen molar-refractivity contribution in [2.24, 2.45) is 5.92 Å². The number of aromatic nitrogens is 1. The Balaban J connectivity index is 2.03. The van der Waals surface area contributed by atoms with Crippen LogP contribution in [0.2, 0.25) is 0 Å². The third-order valence-corrected chi connectivity index (χ3v) is 4.53. The normalized spacial score (nSPS) is 18.7. The van der Waals surface area contributed by atoms with Crippen molar-refractivity contribution in [1.29, 1.82) is 0 Å². The van der Waals surface area contributed by atoms with Gasteiger partial charge >= 0.3 is 0 Å². The highest BCUT2D eigenvalue weighted by Gasteiger charge is 2.20. The number of rotatable bonds is 6. The molecule has 2 heterocycles. The van der Waals surface area contributed by atoms with Gasteiger partial charge in [0.15, 0.2) is 0 Å². The average Bonchev–Trinajstić information content (AvgIpc) is 2.50. The lowest BCUT2D eigenvalue weighted by atomic mass is 9.96. The first-order chi connectivity index (χ1) is 10.1. The van der Waals surface area contributed by atoms with E-state index in [0.717, 1.165) is 24.8 Å². The quantitative estimate of drug-likeness (QED) is 0.872. The van der Waals surface area contributed by atoms with E-state index in [1.165, 1.54) is 31.5 Å². The van der Waals surface area contributed by atoms with E-state index >= 15 is 0 Å². The van der Waals surface area contributed by atoms with E-state index in [0.29, 0.717) is 6.04 Å². The molecule has 4 heteroatoms. The Morgan fingerprint density at radius 1 is 1.43 bits per heavy atom. The summed E-state index contributed by atoms with van der Waals surface area (Å²) in [5.74, 6) is 1.92. The molecule has 1 aliphatic rings. The largest absolute Gasteiger partial charge is 0.359 e. The Hall–Kier alpha value is -1.13. The maximum absolute atomic E-state index is 4.64. The van der Waals surface area contributed by atoms with Crippen molar-refractivity contribution in [2.75, 3.05) is 45.2 Å². The molecule has 0 radical (unpaired) electrons. The Morgan fingerprint density at radius 2 is 2.14 bits per heavy atom. The minimum Gasteiger partial charge on any atom is -0.359 e. The zero-order valence-electron chi connectivity index (χ0n) is 14.0. The third-order valence-electron chi connectivity index (χ3n) is 4.53. The minimum atomic E-state index is 0.346. The van der Waals surface area contributed by atoms with Crippen molar-refractivity contribution in [3.63, 3.8) is 0 Å². The average molecular weight is 290 g/mol. The number of nitrogens with zero attached hydrogens (tertiary/aromatic N) is 3. The molecule has 0 bridgehead atoms. The molecule has 0 aliphatic carbocycles. The van der Waals surface area contributed by atoms with Crippen LogP contribution in [-0.4, -0.2) is 50.2 Å². The van der Waals surface area contributed by atoms with Crippen LogP contribution in [0.5, 0.6) is 0 Å². The summed E-state index contributed by atoms with van der Waals surface area (Å²) < 4.78 is 0. The maximum atomic E-state index is 4.64. The van der Waals surface area contributed by atoms with Gasteiger partial charge in [0.25, 0.3) is 0 Å². The van der Waals surface area contributed by atoms with Crippen molar-refractivity contribution in [3.8, 4) is 0 Å². The Labute approximate surface area is 129 Å². The van der Waals surface area contributed by atoms with Crippen LogP contribution in [0.4, 0.5) is 5.82 Å².